The SMILES string of the molecule is CCC(=O)OC(F)(F)C(F)(F)F.[Na]. The molecule has 0 heterocycles. The molecule has 0 unspecified atom stereocenters. The fourth-order valence-corrected chi connectivity index (χ4v) is 0.273. The van der Waals surface area contributed by atoms with E-state index in [9.17, 15) is 26.7 Å². The molecule has 0 saturated heterocycles. The molecule has 0 aliphatic rings. The Morgan fingerprint density at radius 3 is 1.85 bits per heavy atom. The van der Waals surface area contributed by atoms with Crippen LogP contribution in [0.2, 0.25) is 0 Å². The molecule has 0 aromatic rings. The third kappa shape index (κ3) is 4.78. The summed E-state index contributed by atoms with van der Waals surface area (Å²) in [7, 11) is 0. The predicted octanol–water partition coefficient (Wildman–Crippen LogP) is 1.71. The Kier molecular flexibility index (Phi) is 6.13. The van der Waals surface area contributed by atoms with Gasteiger partial charge in [-0.05, 0) is 0 Å². The zero-order chi connectivity index (χ0) is 9.99. The first-order valence-corrected chi connectivity index (χ1v) is 2.87. The molecule has 0 N–H and O–H groups in total. The minimum Gasteiger partial charge on any atom is -0.394 e. The van der Waals surface area contributed by atoms with Gasteiger partial charge in [-0.1, -0.05) is 6.92 Å². The van der Waals surface area contributed by atoms with Gasteiger partial charge in [0, 0.05) is 36.0 Å². The van der Waals surface area contributed by atoms with Crippen molar-refractivity contribution in [2.75, 3.05) is 0 Å². The predicted molar refractivity (Wildman–Crippen MR) is 33.1 cm³/mol. The topological polar surface area (TPSA) is 26.3 Å². The number of rotatable bonds is 2. The monoisotopic (exact) mass is 215 g/mol. The van der Waals surface area contributed by atoms with Gasteiger partial charge in [-0.2, -0.15) is 22.0 Å². The van der Waals surface area contributed by atoms with E-state index in [-0.39, 0.29) is 29.6 Å². The van der Waals surface area contributed by atoms with Crippen molar-refractivity contribution in [1.29, 1.82) is 0 Å². The average molecular weight is 215 g/mol. The van der Waals surface area contributed by atoms with Gasteiger partial charge in [0.2, 0.25) is 0 Å². The Morgan fingerprint density at radius 1 is 1.23 bits per heavy atom. The normalized spacial score (nSPS) is 11.8. The molecule has 73 valence electrons. The van der Waals surface area contributed by atoms with Crippen LogP contribution in [0.3, 0.4) is 0 Å². The molecule has 2 nitrogen and oxygen atoms in total. The van der Waals surface area contributed by atoms with Crippen LogP contribution < -0.4 is 0 Å². The van der Waals surface area contributed by atoms with Crippen molar-refractivity contribution < 1.29 is 31.5 Å². The van der Waals surface area contributed by atoms with Gasteiger partial charge in [0.05, 0.1) is 0 Å². The summed E-state index contributed by atoms with van der Waals surface area (Å²) >= 11 is 0. The van der Waals surface area contributed by atoms with Crippen LogP contribution in [-0.2, 0) is 9.53 Å². The number of ether oxygens (including phenoxy) is 1. The maximum Gasteiger partial charge on any atom is 0.501 e. The number of carbonyl (C=O) groups excluding carboxylic acids is 1. The third-order valence-electron chi connectivity index (χ3n) is 0.861. The zero-order valence-electron chi connectivity index (χ0n) is 6.91. The fourth-order valence-electron chi connectivity index (χ4n) is 0.273. The van der Waals surface area contributed by atoms with Crippen LogP contribution in [-0.4, -0.2) is 47.8 Å². The van der Waals surface area contributed by atoms with Crippen molar-refractivity contribution in [2.24, 2.45) is 0 Å². The number of alkyl halides is 5. The Labute approximate surface area is 92.7 Å². The van der Waals surface area contributed by atoms with Crippen molar-refractivity contribution in [3.63, 3.8) is 0 Å². The standard InChI is InChI=1S/C5H5F5O2.Na/c1-2-3(11)12-5(9,10)4(6,7)8;/h2H2,1H3;. The molecule has 0 aliphatic carbocycles. The van der Waals surface area contributed by atoms with Crippen molar-refractivity contribution in [3.05, 3.63) is 0 Å². The van der Waals surface area contributed by atoms with E-state index in [1.54, 1.807) is 0 Å². The average Bonchev–Trinajstić information content (AvgIpc) is 1.84. The van der Waals surface area contributed by atoms with Crippen LogP contribution in [0.15, 0.2) is 0 Å². The van der Waals surface area contributed by atoms with Crippen molar-refractivity contribution in [1.82, 2.24) is 0 Å². The molecule has 13 heavy (non-hydrogen) atoms. The van der Waals surface area contributed by atoms with Crippen LogP contribution in [0.25, 0.3) is 0 Å². The molecule has 0 rings (SSSR count). The Morgan fingerprint density at radius 2 is 1.62 bits per heavy atom. The molecular weight excluding hydrogens is 210 g/mol. The van der Waals surface area contributed by atoms with Gasteiger partial charge in [0.1, 0.15) is 0 Å². The van der Waals surface area contributed by atoms with Crippen LogP contribution in [0.5, 0.6) is 0 Å². The quantitative estimate of drug-likeness (QED) is 0.398. The molecule has 1 radical (unpaired) electrons. The number of hydrogen-bond acceptors (Lipinski definition) is 2. The Balaban J connectivity index is 0. The van der Waals surface area contributed by atoms with E-state index < -0.39 is 24.7 Å². The van der Waals surface area contributed by atoms with E-state index in [2.05, 4.69) is 4.74 Å². The molecule has 0 atom stereocenters. The van der Waals surface area contributed by atoms with Gasteiger partial charge in [0.25, 0.3) is 0 Å². The van der Waals surface area contributed by atoms with Gasteiger partial charge in [-0.15, -0.1) is 0 Å². The second-order valence-electron chi connectivity index (χ2n) is 1.84. The first-order chi connectivity index (χ1) is 5.20. The second-order valence-corrected chi connectivity index (χ2v) is 1.84. The Hall–Kier alpha value is 0.120. The van der Waals surface area contributed by atoms with Crippen molar-refractivity contribution in [3.8, 4) is 0 Å². The van der Waals surface area contributed by atoms with E-state index in [1.807, 2.05) is 0 Å². The molecule has 0 saturated carbocycles. The van der Waals surface area contributed by atoms with Crippen LogP contribution in [0, 0.1) is 0 Å². The summed E-state index contributed by atoms with van der Waals surface area (Å²) in [4.78, 5) is 10.1. The summed E-state index contributed by atoms with van der Waals surface area (Å²) in [6, 6.07) is 0. The maximum atomic E-state index is 11.8. The van der Waals surface area contributed by atoms with E-state index in [0.717, 1.165) is 6.92 Å². The van der Waals surface area contributed by atoms with E-state index in [1.165, 1.54) is 0 Å². The molecule has 0 aromatic carbocycles. The third-order valence-corrected chi connectivity index (χ3v) is 0.861. The largest absolute Gasteiger partial charge is 0.501 e. The van der Waals surface area contributed by atoms with Gasteiger partial charge in [0.15, 0.2) is 0 Å². The second kappa shape index (κ2) is 5.11. The van der Waals surface area contributed by atoms with Gasteiger partial charge in [-0.25, -0.2) is 0 Å². The molecule has 0 aliphatic heterocycles. The molecule has 8 heteroatoms. The van der Waals surface area contributed by atoms with Gasteiger partial charge in [-0.3, -0.25) is 4.79 Å². The summed E-state index contributed by atoms with van der Waals surface area (Å²) in [6.45, 7) is 1.11. The zero-order valence-corrected chi connectivity index (χ0v) is 8.91. The maximum absolute atomic E-state index is 11.8. The first kappa shape index (κ1) is 15.6. The van der Waals surface area contributed by atoms with Crippen molar-refractivity contribution in [2.45, 2.75) is 25.6 Å². The van der Waals surface area contributed by atoms with Gasteiger partial charge >= 0.3 is 18.3 Å². The fraction of sp³-hybridized carbons (Fsp3) is 0.800. The summed E-state index contributed by atoms with van der Waals surface area (Å²) in [5, 5.41) is 0. The number of halogens is 5. The molecule has 0 amide bonds. The van der Waals surface area contributed by atoms with Crippen LogP contribution >= 0.6 is 0 Å². The number of carbonyl (C=O) groups is 1. The van der Waals surface area contributed by atoms with E-state index in [0.29, 0.717) is 0 Å². The van der Waals surface area contributed by atoms with E-state index >= 15 is 0 Å². The molecule has 0 aromatic heterocycles. The summed E-state index contributed by atoms with van der Waals surface area (Å²) in [6.07, 6.45) is -11.8. The first-order valence-electron chi connectivity index (χ1n) is 2.87. The van der Waals surface area contributed by atoms with Gasteiger partial charge < -0.3 is 4.74 Å². The summed E-state index contributed by atoms with van der Waals surface area (Å²) in [5.41, 5.74) is 0. The summed E-state index contributed by atoms with van der Waals surface area (Å²) in [5.74, 6) is -1.60. The molecular formula is C5H5F5NaO2. The molecule has 0 spiro atoms. The minimum atomic E-state index is -5.85. The molecule has 0 fully saturated rings. The Bertz CT molecular complexity index is 178. The van der Waals surface area contributed by atoms with E-state index in [4.69, 9.17) is 0 Å². The number of hydrogen-bond donors (Lipinski definition) is 0. The summed E-state index contributed by atoms with van der Waals surface area (Å²) < 4.78 is 60.4. The van der Waals surface area contributed by atoms with Crippen LogP contribution in [0.4, 0.5) is 22.0 Å². The minimum absolute atomic E-state index is 0. The van der Waals surface area contributed by atoms with Crippen molar-refractivity contribution >= 4 is 35.5 Å². The smallest absolute Gasteiger partial charge is 0.394 e. The molecule has 0 bridgehead atoms. The van der Waals surface area contributed by atoms with Crippen LogP contribution in [0.1, 0.15) is 13.3 Å². The number of esters is 1.